The first-order valence-corrected chi connectivity index (χ1v) is 18.9. The van der Waals surface area contributed by atoms with Crippen molar-refractivity contribution in [2.24, 2.45) is 29.4 Å². The van der Waals surface area contributed by atoms with Gasteiger partial charge in [0, 0.05) is 7.05 Å². The Morgan fingerprint density at radius 2 is 1.35 bits per heavy atom. The van der Waals surface area contributed by atoms with E-state index in [-0.39, 0.29) is 18.3 Å². The molecule has 14 heteroatoms. The van der Waals surface area contributed by atoms with Gasteiger partial charge < -0.3 is 41.5 Å². The molecule has 0 unspecified atom stereocenters. The van der Waals surface area contributed by atoms with Gasteiger partial charge in [-0.2, -0.15) is 0 Å². The van der Waals surface area contributed by atoms with Gasteiger partial charge in [0.1, 0.15) is 30.8 Å². The highest BCUT2D eigenvalue weighted by Crippen LogP contribution is 2.22. The average Bonchev–Trinajstić information content (AvgIpc) is 3.08. The predicted molar refractivity (Wildman–Crippen MR) is 196 cm³/mol. The normalized spacial score (nSPS) is 16.1. The molecule has 51 heavy (non-hydrogen) atoms. The van der Waals surface area contributed by atoms with Crippen LogP contribution in [0.3, 0.4) is 0 Å². The summed E-state index contributed by atoms with van der Waals surface area (Å²) in [6.45, 7) is 13.1. The van der Waals surface area contributed by atoms with Crippen molar-refractivity contribution in [3.63, 3.8) is 0 Å². The smallest absolute Gasteiger partial charge is 0.325 e. The Morgan fingerprint density at radius 3 is 1.84 bits per heavy atom. The van der Waals surface area contributed by atoms with Crippen LogP contribution in [0.1, 0.15) is 126 Å². The number of aliphatic hydroxyl groups is 2. The quantitative estimate of drug-likeness (QED) is 0.0541. The number of nitrogens with zero attached hydrogens (tertiary/aromatic N) is 1. The number of hydrogen-bond acceptors (Lipinski definition) is 9. The van der Waals surface area contributed by atoms with Crippen LogP contribution < -0.4 is 21.7 Å². The maximum Gasteiger partial charge on any atom is 0.325 e. The molecule has 0 saturated carbocycles. The van der Waals surface area contributed by atoms with E-state index in [0.717, 1.165) is 25.7 Å². The lowest BCUT2D eigenvalue weighted by atomic mass is 9.94. The molecule has 0 rings (SSSR count). The monoisotopic (exact) mass is 728 g/mol. The van der Waals surface area contributed by atoms with Crippen molar-refractivity contribution in [1.29, 1.82) is 0 Å². The van der Waals surface area contributed by atoms with Gasteiger partial charge in [-0.25, -0.2) is 0 Å². The van der Waals surface area contributed by atoms with Gasteiger partial charge in [-0.3, -0.25) is 28.8 Å². The molecule has 0 saturated heterocycles. The molecule has 0 aromatic heterocycles. The van der Waals surface area contributed by atoms with E-state index in [0.29, 0.717) is 19.3 Å². The molecule has 0 fully saturated rings. The summed E-state index contributed by atoms with van der Waals surface area (Å²) in [5.74, 6) is -5.78. The molecule has 0 radical (unpaired) electrons. The molecular weight excluding hydrogens is 658 g/mol. The van der Waals surface area contributed by atoms with Crippen molar-refractivity contribution < 1.29 is 43.7 Å². The largest absolute Gasteiger partial charge is 0.460 e. The molecule has 8 atom stereocenters. The van der Waals surface area contributed by atoms with Gasteiger partial charge in [-0.05, 0) is 38.0 Å². The number of nitrogens with two attached hydrogens (primary N) is 1. The van der Waals surface area contributed by atoms with E-state index in [1.165, 1.54) is 38.1 Å². The van der Waals surface area contributed by atoms with Crippen molar-refractivity contribution in [2.45, 2.75) is 156 Å². The number of ether oxygens (including phenoxy) is 1. The SMILES string of the molecule is CCCCCCCCCC[C@@H](OC(=O)CNC(=O)[C@@H](C)[C@H](C)O)[C@@H](C)C(=O)N(C)[C@@H](CC(C)C)C(=O)N[C@H](C(=O)N[C@@H](CO)C(N)=O)[C@H](C)CC. The van der Waals surface area contributed by atoms with Gasteiger partial charge in [0.15, 0.2) is 0 Å². The molecule has 0 aromatic carbocycles. The van der Waals surface area contributed by atoms with Crippen LogP contribution in [0, 0.1) is 23.7 Å². The van der Waals surface area contributed by atoms with E-state index in [2.05, 4.69) is 22.9 Å². The second-order valence-corrected chi connectivity index (χ2v) is 14.4. The zero-order valence-electron chi connectivity index (χ0n) is 32.7. The second-order valence-electron chi connectivity index (χ2n) is 14.4. The van der Waals surface area contributed by atoms with Crippen LogP contribution in [-0.2, 0) is 33.5 Å². The minimum Gasteiger partial charge on any atom is -0.460 e. The minimum atomic E-state index is -1.33. The number of primary amides is 1. The standard InChI is InChI=1S/C37H69N5O9/c1-10-12-13-14-15-16-17-18-19-30(51-31(45)21-39-34(47)25(6)27(8)44)26(7)37(50)42(9)29(20-23(3)4)35(48)41-32(24(5)11-2)36(49)40-28(22-43)33(38)46/h23-30,32,43-44H,10-22H2,1-9H3,(H2,38,46)(H,39,47)(H,40,49)(H,41,48)/t24-,25+,26-,27+,28+,29+,30-,32+/m1/s1. The third-order valence-corrected chi connectivity index (χ3v) is 9.56. The van der Waals surface area contributed by atoms with E-state index < -0.39 is 90.8 Å². The summed E-state index contributed by atoms with van der Waals surface area (Å²) in [4.78, 5) is 79.2. The number of esters is 1. The fourth-order valence-corrected chi connectivity index (χ4v) is 5.58. The lowest BCUT2D eigenvalue weighted by Gasteiger charge is -2.34. The van der Waals surface area contributed by atoms with Crippen molar-refractivity contribution >= 4 is 35.5 Å². The fraction of sp³-hybridized carbons (Fsp3) is 0.838. The maximum atomic E-state index is 14.0. The summed E-state index contributed by atoms with van der Waals surface area (Å²) < 4.78 is 5.79. The van der Waals surface area contributed by atoms with E-state index in [4.69, 9.17) is 10.5 Å². The Hall–Kier alpha value is -3.26. The van der Waals surface area contributed by atoms with Crippen LogP contribution in [0.5, 0.6) is 0 Å². The third kappa shape index (κ3) is 18.2. The summed E-state index contributed by atoms with van der Waals surface area (Å²) in [7, 11) is 1.51. The van der Waals surface area contributed by atoms with Gasteiger partial charge in [-0.15, -0.1) is 0 Å². The predicted octanol–water partition coefficient (Wildman–Crippen LogP) is 2.56. The summed E-state index contributed by atoms with van der Waals surface area (Å²) in [6, 6.07) is -3.38. The molecule has 0 aliphatic carbocycles. The van der Waals surface area contributed by atoms with Crippen LogP contribution in [-0.4, -0.2) is 101 Å². The van der Waals surface area contributed by atoms with Crippen LogP contribution in [0.4, 0.5) is 0 Å². The number of unbranched alkanes of at least 4 members (excludes halogenated alkanes) is 7. The van der Waals surface area contributed by atoms with E-state index in [9.17, 15) is 39.0 Å². The topological polar surface area (TPSA) is 217 Å². The van der Waals surface area contributed by atoms with Gasteiger partial charge >= 0.3 is 5.97 Å². The van der Waals surface area contributed by atoms with E-state index in [1.807, 2.05) is 20.8 Å². The van der Waals surface area contributed by atoms with Gasteiger partial charge in [0.25, 0.3) is 0 Å². The van der Waals surface area contributed by atoms with Crippen molar-refractivity contribution in [1.82, 2.24) is 20.9 Å². The summed E-state index contributed by atoms with van der Waals surface area (Å²) in [5, 5.41) is 26.8. The summed E-state index contributed by atoms with van der Waals surface area (Å²) in [6.07, 6.45) is 7.88. The van der Waals surface area contributed by atoms with Crippen molar-refractivity contribution in [3.05, 3.63) is 0 Å². The third-order valence-electron chi connectivity index (χ3n) is 9.56. The lowest BCUT2D eigenvalue weighted by molar-refractivity contribution is -0.158. The minimum absolute atomic E-state index is 0.0191. The highest BCUT2D eigenvalue weighted by atomic mass is 16.5. The molecule has 7 N–H and O–H groups in total. The molecule has 0 aromatic rings. The number of rotatable bonds is 27. The second kappa shape index (κ2) is 25.7. The highest BCUT2D eigenvalue weighted by Gasteiger charge is 2.37. The van der Waals surface area contributed by atoms with Crippen LogP contribution in [0.15, 0.2) is 0 Å². The number of aliphatic hydroxyl groups excluding tert-OH is 2. The van der Waals surface area contributed by atoms with Crippen molar-refractivity contribution in [3.8, 4) is 0 Å². The first kappa shape index (κ1) is 47.7. The molecule has 0 bridgehead atoms. The van der Waals surface area contributed by atoms with Crippen LogP contribution in [0.25, 0.3) is 0 Å². The number of carbonyl (C=O) groups is 6. The van der Waals surface area contributed by atoms with Gasteiger partial charge in [0.05, 0.1) is 24.5 Å². The van der Waals surface area contributed by atoms with Crippen LogP contribution >= 0.6 is 0 Å². The number of amides is 5. The summed E-state index contributed by atoms with van der Waals surface area (Å²) in [5.41, 5.74) is 5.28. The Balaban J connectivity index is 6.04. The molecule has 5 amide bonds. The number of carbonyl (C=O) groups excluding carboxylic acids is 6. The average molecular weight is 728 g/mol. The van der Waals surface area contributed by atoms with Crippen LogP contribution in [0.2, 0.25) is 0 Å². The Morgan fingerprint density at radius 1 is 0.784 bits per heavy atom. The number of nitrogens with one attached hydrogen (secondary N) is 3. The maximum absolute atomic E-state index is 14.0. The van der Waals surface area contributed by atoms with E-state index >= 15 is 0 Å². The zero-order valence-corrected chi connectivity index (χ0v) is 32.7. The molecule has 0 aliphatic heterocycles. The Labute approximate surface area is 305 Å². The first-order valence-electron chi connectivity index (χ1n) is 18.9. The molecule has 14 nitrogen and oxygen atoms in total. The number of likely N-dealkylation sites (N-methyl/N-ethyl adjacent to an activating group) is 1. The van der Waals surface area contributed by atoms with Gasteiger partial charge in [-0.1, -0.05) is 99.8 Å². The van der Waals surface area contributed by atoms with Gasteiger partial charge in [0.2, 0.25) is 29.5 Å². The molecule has 0 heterocycles. The lowest BCUT2D eigenvalue weighted by Crippen LogP contribution is -2.59. The molecule has 0 aliphatic rings. The van der Waals surface area contributed by atoms with Crippen molar-refractivity contribution in [2.75, 3.05) is 20.2 Å². The molecule has 296 valence electrons. The Bertz CT molecular complexity index is 1090. The first-order chi connectivity index (χ1) is 23.9. The zero-order chi connectivity index (χ0) is 39.3. The van der Waals surface area contributed by atoms with E-state index in [1.54, 1.807) is 20.8 Å². The molecule has 0 spiro atoms. The number of hydrogen-bond donors (Lipinski definition) is 6. The summed E-state index contributed by atoms with van der Waals surface area (Å²) >= 11 is 0. The fourth-order valence-electron chi connectivity index (χ4n) is 5.58. The molecular formula is C37H69N5O9. The highest BCUT2D eigenvalue weighted by molar-refractivity contribution is 5.94. The Kier molecular flexibility index (Phi) is 24.0.